The average molecular weight is 329 g/mol. The largest absolute Gasteiger partial charge is 0.356 e. The first-order valence-corrected chi connectivity index (χ1v) is 6.01. The molecule has 0 aromatic rings. The lowest BCUT2D eigenvalue weighted by Crippen LogP contribution is -2.29. The van der Waals surface area contributed by atoms with E-state index in [4.69, 9.17) is 11.6 Å². The summed E-state index contributed by atoms with van der Waals surface area (Å²) < 4.78 is -0.0231. The number of alkyl halides is 2. The average Bonchev–Trinajstić information content (AvgIpc) is 2.29. The predicted molar refractivity (Wildman–Crippen MR) is 67.3 cm³/mol. The molecule has 0 spiro atoms. The fourth-order valence-electron chi connectivity index (χ4n) is 1.41. The Labute approximate surface area is 102 Å². The highest BCUT2D eigenvalue weighted by molar-refractivity contribution is 14.1. The Morgan fingerprint density at radius 2 is 2.15 bits per heavy atom. The molecule has 0 bridgehead atoms. The van der Waals surface area contributed by atoms with Gasteiger partial charge in [-0.1, -0.05) is 22.6 Å². The van der Waals surface area contributed by atoms with Gasteiger partial charge in [0, 0.05) is 0 Å². The van der Waals surface area contributed by atoms with E-state index in [1.54, 1.807) is 0 Å². The molecular formula is C8H10ClIN2S. The maximum atomic E-state index is 6.20. The zero-order chi connectivity index (χ0) is 9.64. The van der Waals surface area contributed by atoms with Crippen molar-refractivity contribution in [1.29, 1.82) is 0 Å². The smallest absolute Gasteiger partial charge is 0.143 e. The summed E-state index contributed by atoms with van der Waals surface area (Å²) in [4.78, 5) is 0. The molecule has 1 heterocycles. The van der Waals surface area contributed by atoms with Crippen molar-refractivity contribution in [3.05, 3.63) is 23.5 Å². The topological polar surface area (TPSA) is 24.1 Å². The van der Waals surface area contributed by atoms with Gasteiger partial charge in [-0.3, -0.25) is 0 Å². The van der Waals surface area contributed by atoms with Crippen LogP contribution < -0.4 is 10.6 Å². The van der Waals surface area contributed by atoms with Crippen LogP contribution in [0.2, 0.25) is 0 Å². The lowest BCUT2D eigenvalue weighted by molar-refractivity contribution is 0.780. The van der Waals surface area contributed by atoms with Crippen LogP contribution in [0.25, 0.3) is 0 Å². The molecule has 1 saturated heterocycles. The van der Waals surface area contributed by atoms with E-state index < -0.39 is 0 Å². The van der Waals surface area contributed by atoms with E-state index in [9.17, 15) is 0 Å². The zero-order valence-electron chi connectivity index (χ0n) is 7.01. The first-order chi connectivity index (χ1) is 5.99. The number of hydrogen-bond donors (Lipinski definition) is 3. The third-order valence-electron chi connectivity index (χ3n) is 2.15. The predicted octanol–water partition coefficient (Wildman–Crippen LogP) is 1.98. The lowest BCUT2D eigenvalue weighted by atomic mass is 9.99. The van der Waals surface area contributed by atoms with Gasteiger partial charge in [-0.05, 0) is 19.1 Å². The quantitative estimate of drug-likeness (QED) is 0.360. The van der Waals surface area contributed by atoms with Crippen molar-refractivity contribution < 1.29 is 0 Å². The molecule has 0 radical (unpaired) electrons. The van der Waals surface area contributed by atoms with Crippen LogP contribution in [-0.4, -0.2) is 14.3 Å². The summed E-state index contributed by atoms with van der Waals surface area (Å²) in [5, 5.41) is 6.42. The Bertz CT molecular complexity index is 301. The molecule has 0 aromatic carbocycles. The lowest BCUT2D eigenvalue weighted by Gasteiger charge is -2.27. The molecule has 1 fully saturated rings. The van der Waals surface area contributed by atoms with Gasteiger partial charge in [-0.15, -0.1) is 24.2 Å². The van der Waals surface area contributed by atoms with E-state index in [0.29, 0.717) is 0 Å². The highest BCUT2D eigenvalue weighted by Gasteiger charge is 2.34. The van der Waals surface area contributed by atoms with Crippen molar-refractivity contribution in [2.45, 2.75) is 21.2 Å². The van der Waals surface area contributed by atoms with Crippen molar-refractivity contribution in [2.75, 3.05) is 0 Å². The molecule has 0 aromatic heterocycles. The van der Waals surface area contributed by atoms with E-state index in [2.05, 4.69) is 58.9 Å². The molecule has 2 nitrogen and oxygen atoms in total. The number of halogens is 2. The second-order valence-corrected chi connectivity index (χ2v) is 6.69. The third kappa shape index (κ3) is 1.80. The normalized spacial score (nSPS) is 42.8. The van der Waals surface area contributed by atoms with Gasteiger partial charge in [-0.2, -0.15) is 0 Å². The molecule has 0 amide bonds. The standard InChI is InChI=1S/C8H10ClIN2S/c1-8(10)3-5-4(2-6(8)9)11-7(13)12-5/h2-3,6-7,11-13H,1H3. The summed E-state index contributed by atoms with van der Waals surface area (Å²) in [6, 6.07) is 0. The van der Waals surface area contributed by atoms with Crippen LogP contribution in [0.3, 0.4) is 0 Å². The Hall–Kier alpha value is 0.450. The SMILES string of the molecule is CC1(I)C=C2NC(S)NC2=CC1Cl. The molecule has 72 valence electrons. The van der Waals surface area contributed by atoms with Crippen LogP contribution in [0.15, 0.2) is 23.5 Å². The Morgan fingerprint density at radius 1 is 1.54 bits per heavy atom. The molecule has 13 heavy (non-hydrogen) atoms. The van der Waals surface area contributed by atoms with Gasteiger partial charge in [0.25, 0.3) is 0 Å². The van der Waals surface area contributed by atoms with Gasteiger partial charge in [-0.25, -0.2) is 0 Å². The maximum Gasteiger partial charge on any atom is 0.143 e. The van der Waals surface area contributed by atoms with Crippen LogP contribution in [0, 0.1) is 0 Å². The Kier molecular flexibility index (Phi) is 2.49. The molecule has 1 aliphatic heterocycles. The molecule has 2 rings (SSSR count). The van der Waals surface area contributed by atoms with Crippen LogP contribution in [-0.2, 0) is 0 Å². The summed E-state index contributed by atoms with van der Waals surface area (Å²) in [7, 11) is 0. The number of fused-ring (bicyclic) bond motifs is 1. The second-order valence-electron chi connectivity index (χ2n) is 3.38. The van der Waals surface area contributed by atoms with Crippen molar-refractivity contribution in [1.82, 2.24) is 10.6 Å². The Balaban J connectivity index is 2.34. The van der Waals surface area contributed by atoms with Crippen LogP contribution in [0.1, 0.15) is 6.92 Å². The minimum Gasteiger partial charge on any atom is -0.356 e. The number of allylic oxidation sites excluding steroid dienone is 2. The van der Waals surface area contributed by atoms with Gasteiger partial charge >= 0.3 is 0 Å². The van der Waals surface area contributed by atoms with E-state index in [1.807, 2.05) is 6.08 Å². The second kappa shape index (κ2) is 3.24. The Morgan fingerprint density at radius 3 is 2.85 bits per heavy atom. The highest BCUT2D eigenvalue weighted by atomic mass is 127. The van der Waals surface area contributed by atoms with Crippen molar-refractivity contribution in [2.24, 2.45) is 0 Å². The molecule has 5 heteroatoms. The van der Waals surface area contributed by atoms with E-state index in [0.717, 1.165) is 11.4 Å². The number of hydrogen-bond acceptors (Lipinski definition) is 3. The molecule has 2 aliphatic rings. The molecule has 3 atom stereocenters. The van der Waals surface area contributed by atoms with Crippen molar-refractivity contribution in [3.63, 3.8) is 0 Å². The molecule has 1 aliphatic carbocycles. The van der Waals surface area contributed by atoms with Crippen LogP contribution in [0.4, 0.5) is 0 Å². The summed E-state index contributed by atoms with van der Waals surface area (Å²) >= 11 is 12.8. The fourth-order valence-corrected chi connectivity index (χ4v) is 2.37. The summed E-state index contributed by atoms with van der Waals surface area (Å²) in [5.74, 6) is 0. The zero-order valence-corrected chi connectivity index (χ0v) is 10.8. The maximum absolute atomic E-state index is 6.20. The van der Waals surface area contributed by atoms with Gasteiger partial charge in [0.05, 0.1) is 20.2 Å². The monoisotopic (exact) mass is 328 g/mol. The fraction of sp³-hybridized carbons (Fsp3) is 0.500. The summed E-state index contributed by atoms with van der Waals surface area (Å²) in [6.45, 7) is 2.11. The van der Waals surface area contributed by atoms with E-state index in [-0.39, 0.29) is 14.3 Å². The van der Waals surface area contributed by atoms with Crippen LogP contribution >= 0.6 is 46.8 Å². The molecular weight excluding hydrogens is 319 g/mol. The number of rotatable bonds is 0. The summed E-state index contributed by atoms with van der Waals surface area (Å²) in [6.07, 6.45) is 4.18. The number of nitrogens with one attached hydrogen (secondary N) is 2. The van der Waals surface area contributed by atoms with E-state index >= 15 is 0 Å². The molecule has 2 N–H and O–H groups in total. The van der Waals surface area contributed by atoms with Gasteiger partial charge in [0.1, 0.15) is 5.50 Å². The van der Waals surface area contributed by atoms with Crippen molar-refractivity contribution in [3.8, 4) is 0 Å². The van der Waals surface area contributed by atoms with Gasteiger partial charge in [0.2, 0.25) is 0 Å². The number of thiol groups is 1. The molecule has 3 unspecified atom stereocenters. The third-order valence-corrected chi connectivity index (χ3v) is 4.34. The minimum atomic E-state index is -0.0231. The molecule has 0 saturated carbocycles. The van der Waals surface area contributed by atoms with Gasteiger partial charge in [0.15, 0.2) is 0 Å². The van der Waals surface area contributed by atoms with Gasteiger partial charge < -0.3 is 10.6 Å². The van der Waals surface area contributed by atoms with Crippen molar-refractivity contribution >= 4 is 46.8 Å². The minimum absolute atomic E-state index is 0.00617. The summed E-state index contributed by atoms with van der Waals surface area (Å²) in [5.41, 5.74) is 2.18. The first kappa shape index (κ1) is 9.98. The first-order valence-electron chi connectivity index (χ1n) is 3.98. The van der Waals surface area contributed by atoms with Crippen LogP contribution in [0.5, 0.6) is 0 Å². The highest BCUT2D eigenvalue weighted by Crippen LogP contribution is 2.37. The van der Waals surface area contributed by atoms with E-state index in [1.165, 1.54) is 0 Å².